The fourth-order valence-electron chi connectivity index (χ4n) is 2.51. The van der Waals surface area contributed by atoms with Crippen molar-refractivity contribution in [2.45, 2.75) is 38.2 Å². The van der Waals surface area contributed by atoms with Crippen molar-refractivity contribution >= 4 is 5.78 Å². The van der Waals surface area contributed by atoms with Gasteiger partial charge in [-0.15, -0.1) is 0 Å². The van der Waals surface area contributed by atoms with Crippen LogP contribution in [0, 0.1) is 17.6 Å². The van der Waals surface area contributed by atoms with E-state index in [1.54, 1.807) is 0 Å². The molecule has 1 aromatic rings. The van der Waals surface area contributed by atoms with E-state index in [0.29, 0.717) is 6.07 Å². The molecule has 1 aromatic carbocycles. The van der Waals surface area contributed by atoms with E-state index in [2.05, 4.69) is 0 Å². The SMILES string of the molecule is O=C(c1ccc(F)cc1F)C(O)C1CCCCC1. The summed E-state index contributed by atoms with van der Waals surface area (Å²) >= 11 is 0. The molecule has 0 aromatic heterocycles. The Morgan fingerprint density at radius 1 is 1.22 bits per heavy atom. The lowest BCUT2D eigenvalue weighted by Gasteiger charge is -2.25. The molecule has 0 bridgehead atoms. The normalized spacial score (nSPS) is 18.6. The molecule has 1 saturated carbocycles. The lowest BCUT2D eigenvalue weighted by atomic mass is 9.82. The summed E-state index contributed by atoms with van der Waals surface area (Å²) in [5.41, 5.74) is -0.227. The van der Waals surface area contributed by atoms with Crippen LogP contribution in [0.4, 0.5) is 8.78 Å². The zero-order chi connectivity index (χ0) is 13.1. The Balaban J connectivity index is 2.14. The zero-order valence-corrected chi connectivity index (χ0v) is 10.0. The van der Waals surface area contributed by atoms with Gasteiger partial charge in [-0.3, -0.25) is 4.79 Å². The Labute approximate surface area is 105 Å². The molecule has 1 atom stereocenters. The fourth-order valence-corrected chi connectivity index (χ4v) is 2.51. The quantitative estimate of drug-likeness (QED) is 0.842. The number of Topliss-reactive ketones (excluding diaryl/α,β-unsaturated/α-hetero) is 1. The van der Waals surface area contributed by atoms with Gasteiger partial charge >= 0.3 is 0 Å². The number of hydrogen-bond acceptors (Lipinski definition) is 2. The van der Waals surface area contributed by atoms with Crippen molar-refractivity contribution in [3.8, 4) is 0 Å². The number of rotatable bonds is 3. The summed E-state index contributed by atoms with van der Waals surface area (Å²) in [4.78, 5) is 12.0. The predicted molar refractivity (Wildman–Crippen MR) is 63.3 cm³/mol. The van der Waals surface area contributed by atoms with Crippen molar-refractivity contribution in [2.75, 3.05) is 0 Å². The first-order valence-electron chi connectivity index (χ1n) is 6.27. The fraction of sp³-hybridized carbons (Fsp3) is 0.500. The first-order chi connectivity index (χ1) is 8.59. The monoisotopic (exact) mass is 254 g/mol. The van der Waals surface area contributed by atoms with Gasteiger partial charge in [0.05, 0.1) is 5.56 Å². The van der Waals surface area contributed by atoms with E-state index in [4.69, 9.17) is 0 Å². The second-order valence-corrected chi connectivity index (χ2v) is 4.83. The van der Waals surface area contributed by atoms with Crippen molar-refractivity contribution < 1.29 is 18.7 Å². The number of halogens is 2. The van der Waals surface area contributed by atoms with Gasteiger partial charge in [-0.1, -0.05) is 19.3 Å². The molecule has 1 aliphatic rings. The van der Waals surface area contributed by atoms with E-state index >= 15 is 0 Å². The molecule has 1 aliphatic carbocycles. The molecule has 4 heteroatoms. The summed E-state index contributed by atoms with van der Waals surface area (Å²) in [7, 11) is 0. The second kappa shape index (κ2) is 5.57. The number of aliphatic hydroxyl groups is 1. The van der Waals surface area contributed by atoms with Crippen molar-refractivity contribution in [1.82, 2.24) is 0 Å². The van der Waals surface area contributed by atoms with E-state index < -0.39 is 23.5 Å². The van der Waals surface area contributed by atoms with Crippen LogP contribution in [0.15, 0.2) is 18.2 Å². The van der Waals surface area contributed by atoms with Crippen molar-refractivity contribution in [2.24, 2.45) is 5.92 Å². The maximum atomic E-state index is 13.5. The minimum absolute atomic E-state index is 0.101. The van der Waals surface area contributed by atoms with E-state index in [1.165, 1.54) is 0 Å². The first-order valence-corrected chi connectivity index (χ1v) is 6.27. The first kappa shape index (κ1) is 13.1. The van der Waals surface area contributed by atoms with Gasteiger partial charge in [-0.05, 0) is 30.9 Å². The highest BCUT2D eigenvalue weighted by atomic mass is 19.1. The molecule has 1 unspecified atom stereocenters. The molecule has 1 N–H and O–H groups in total. The molecule has 0 aliphatic heterocycles. The van der Waals surface area contributed by atoms with Gasteiger partial charge in [0, 0.05) is 6.07 Å². The predicted octanol–water partition coefficient (Wildman–Crippen LogP) is 3.09. The van der Waals surface area contributed by atoms with Gasteiger partial charge in [0.1, 0.15) is 17.7 Å². The minimum Gasteiger partial charge on any atom is -0.385 e. The van der Waals surface area contributed by atoms with Gasteiger partial charge in [0.2, 0.25) is 0 Å². The van der Waals surface area contributed by atoms with Gasteiger partial charge in [0.15, 0.2) is 5.78 Å². The Morgan fingerprint density at radius 2 is 1.89 bits per heavy atom. The topological polar surface area (TPSA) is 37.3 Å². The molecule has 2 nitrogen and oxygen atoms in total. The van der Waals surface area contributed by atoms with Crippen LogP contribution in [0.5, 0.6) is 0 Å². The third-order valence-electron chi connectivity index (χ3n) is 3.56. The molecular formula is C14H16F2O2. The maximum Gasteiger partial charge on any atom is 0.194 e. The van der Waals surface area contributed by atoms with Gasteiger partial charge in [0.25, 0.3) is 0 Å². The molecular weight excluding hydrogens is 238 g/mol. The third-order valence-corrected chi connectivity index (χ3v) is 3.56. The molecule has 0 radical (unpaired) electrons. The summed E-state index contributed by atoms with van der Waals surface area (Å²) in [6.07, 6.45) is 3.49. The van der Waals surface area contributed by atoms with Crippen LogP contribution in [0.3, 0.4) is 0 Å². The van der Waals surface area contributed by atoms with Gasteiger partial charge < -0.3 is 5.11 Å². The minimum atomic E-state index is -1.18. The number of carbonyl (C=O) groups excluding carboxylic acids is 1. The summed E-state index contributed by atoms with van der Waals surface area (Å²) in [5.74, 6) is -2.37. The number of aliphatic hydroxyl groups excluding tert-OH is 1. The van der Waals surface area contributed by atoms with Crippen LogP contribution in [-0.2, 0) is 0 Å². The van der Waals surface area contributed by atoms with Crippen LogP contribution >= 0.6 is 0 Å². The molecule has 0 saturated heterocycles. The standard InChI is InChI=1S/C14H16F2O2/c15-10-6-7-11(12(16)8-10)14(18)13(17)9-4-2-1-3-5-9/h6-9,13,17H,1-5H2. The Kier molecular flexibility index (Phi) is 4.07. The molecule has 0 spiro atoms. The number of hydrogen-bond donors (Lipinski definition) is 1. The lowest BCUT2D eigenvalue weighted by molar-refractivity contribution is 0.0530. The van der Waals surface area contributed by atoms with E-state index in [-0.39, 0.29) is 11.5 Å². The molecule has 98 valence electrons. The highest BCUT2D eigenvalue weighted by Gasteiger charge is 2.29. The summed E-state index contributed by atoms with van der Waals surface area (Å²) in [5, 5.41) is 9.98. The van der Waals surface area contributed by atoms with E-state index in [1.807, 2.05) is 0 Å². The van der Waals surface area contributed by atoms with Crippen LogP contribution < -0.4 is 0 Å². The number of carbonyl (C=O) groups is 1. The highest BCUT2D eigenvalue weighted by Crippen LogP contribution is 2.28. The van der Waals surface area contributed by atoms with Crippen LogP contribution in [0.25, 0.3) is 0 Å². The average molecular weight is 254 g/mol. The Hall–Kier alpha value is -1.29. The zero-order valence-electron chi connectivity index (χ0n) is 10.0. The highest BCUT2D eigenvalue weighted by molar-refractivity contribution is 5.99. The Bertz CT molecular complexity index is 439. The summed E-state index contributed by atoms with van der Waals surface area (Å²) < 4.78 is 26.2. The lowest BCUT2D eigenvalue weighted by Crippen LogP contribution is -2.31. The maximum absolute atomic E-state index is 13.5. The van der Waals surface area contributed by atoms with Crippen LogP contribution in [0.2, 0.25) is 0 Å². The summed E-state index contributed by atoms with van der Waals surface area (Å²) in [6, 6.07) is 2.80. The smallest absolute Gasteiger partial charge is 0.194 e. The second-order valence-electron chi connectivity index (χ2n) is 4.83. The van der Waals surface area contributed by atoms with Crippen molar-refractivity contribution in [3.63, 3.8) is 0 Å². The largest absolute Gasteiger partial charge is 0.385 e. The van der Waals surface area contributed by atoms with Crippen molar-refractivity contribution in [3.05, 3.63) is 35.4 Å². The number of benzene rings is 1. The number of ketones is 1. The van der Waals surface area contributed by atoms with Crippen LogP contribution in [0.1, 0.15) is 42.5 Å². The van der Waals surface area contributed by atoms with Crippen molar-refractivity contribution in [1.29, 1.82) is 0 Å². The summed E-state index contributed by atoms with van der Waals surface area (Å²) in [6.45, 7) is 0. The van der Waals surface area contributed by atoms with Gasteiger partial charge in [-0.25, -0.2) is 8.78 Å². The average Bonchev–Trinajstić information content (AvgIpc) is 2.38. The van der Waals surface area contributed by atoms with Crippen LogP contribution in [-0.4, -0.2) is 17.0 Å². The molecule has 0 heterocycles. The van der Waals surface area contributed by atoms with E-state index in [9.17, 15) is 18.7 Å². The molecule has 2 rings (SSSR count). The molecule has 18 heavy (non-hydrogen) atoms. The Morgan fingerprint density at radius 3 is 2.50 bits per heavy atom. The van der Waals surface area contributed by atoms with Gasteiger partial charge in [-0.2, -0.15) is 0 Å². The molecule has 1 fully saturated rings. The van der Waals surface area contributed by atoms with E-state index in [0.717, 1.165) is 44.2 Å². The third kappa shape index (κ3) is 2.75. The molecule has 0 amide bonds.